The average Bonchev–Trinajstić information content (AvgIpc) is 4.10. The number of nitrogens with zero attached hydrogens (tertiary/aromatic N) is 5. The molecule has 0 unspecified atom stereocenters. The van der Waals surface area contributed by atoms with E-state index in [2.05, 4.69) is 39.8 Å². The van der Waals surface area contributed by atoms with Crippen molar-refractivity contribution in [2.75, 3.05) is 22.6 Å². The summed E-state index contributed by atoms with van der Waals surface area (Å²) in [6.45, 7) is 20.1. The Balaban J connectivity index is 0.000000174. The van der Waals surface area contributed by atoms with E-state index in [0.29, 0.717) is 18.4 Å². The van der Waals surface area contributed by atoms with Crippen LogP contribution in [0.2, 0.25) is 0 Å². The van der Waals surface area contributed by atoms with Crippen LogP contribution in [0.1, 0.15) is 71.1 Å². The molecule has 30 heteroatoms. The third-order valence-electron chi connectivity index (χ3n) is 12.7. The highest BCUT2D eigenvalue weighted by Gasteiger charge is 2.39. The molecular weight excluding hydrogens is 1120 g/mol. The minimum absolute atomic E-state index is 0.0277. The van der Waals surface area contributed by atoms with Gasteiger partial charge in [-0.15, -0.1) is 0 Å². The third kappa shape index (κ3) is 12.5. The van der Waals surface area contributed by atoms with Crippen molar-refractivity contribution in [2.45, 2.75) is 85.6 Å². The molecule has 3 aliphatic rings. The number of hydrogen-bond donors (Lipinski definition) is 7. The van der Waals surface area contributed by atoms with Gasteiger partial charge in [-0.3, -0.25) is 14.4 Å². The lowest BCUT2D eigenvalue weighted by atomic mass is 10.1. The van der Waals surface area contributed by atoms with E-state index in [1.165, 1.54) is 76.7 Å². The number of carbonyl (C=O) groups excluding carboxylic acids is 3. The summed E-state index contributed by atoms with van der Waals surface area (Å²) in [6, 6.07) is 8.50. The Morgan fingerprint density at radius 3 is 1.49 bits per heavy atom. The molecule has 80 heavy (non-hydrogen) atoms. The number of nitrogens with one attached hydrogen (secondary N) is 6. The van der Waals surface area contributed by atoms with Crippen LogP contribution in [0.3, 0.4) is 0 Å². The van der Waals surface area contributed by atoms with Gasteiger partial charge in [-0.25, -0.2) is 66.7 Å². The van der Waals surface area contributed by atoms with Crippen LogP contribution in [0.5, 0.6) is 11.5 Å². The minimum Gasteiger partial charge on any atom is -0.485 e. The van der Waals surface area contributed by atoms with E-state index in [1.54, 1.807) is 34.7 Å². The first-order chi connectivity index (χ1) is 37.5. The van der Waals surface area contributed by atoms with Crippen LogP contribution in [0.15, 0.2) is 87.9 Å². The maximum atomic E-state index is 13.5. The number of amides is 3. The molecule has 3 aromatic carbocycles. The van der Waals surface area contributed by atoms with Crippen molar-refractivity contribution in [3.8, 4) is 11.5 Å². The molecule has 0 spiro atoms. The molecule has 0 fully saturated rings. The number of aliphatic hydroxyl groups excluding tert-OH is 1. The summed E-state index contributed by atoms with van der Waals surface area (Å²) in [5.74, 6) is -5.70. The maximum absolute atomic E-state index is 13.5. The molecule has 3 aromatic heterocycles. The Bertz CT molecular complexity index is 3910. The smallest absolute Gasteiger partial charge is 0.276 e. The first-order valence-electron chi connectivity index (χ1n) is 23.8. The Kier molecular flexibility index (Phi) is 17.4. The summed E-state index contributed by atoms with van der Waals surface area (Å²) in [6.07, 6.45) is 3.65. The number of rotatable bonds is 7. The standard InChI is InChI=1S/C17H17FN4O5S.C17H17FN4O3S.C16H17F2N3O4S/c1-9-13(8-23)21-28(25,26)14-7-22(3)15(16(14)27-9)17(24)20-10-4-5-11(18)12(6-10)19-2;1-10-4-6-12-15(26(24,25)21-10)9-22(3)16(12)17(23)20-11-5-7-13(18)14(8-11)19-2;1-8-9(2)25-15-13(26(23,24)20-8)7-21(3)14(15)16(22)19-10-4-5-11(17)12(18)6-10/h4-7,9,13,21,23H,8H2,1,3H3,(H,20,24);5,7-10,21H,4,6H2,1,3H3,(H,20,23);4-9,20H,1-3H3,(H,19,22)/t9-,13+;10-;8-,9+/m000/s1. The monoisotopic (exact) mass is 1170 g/mol. The predicted octanol–water partition coefficient (Wildman–Crippen LogP) is 5.97. The van der Waals surface area contributed by atoms with E-state index in [-0.39, 0.29) is 77.7 Å². The molecule has 6 aromatic rings. The highest BCUT2D eigenvalue weighted by Crippen LogP contribution is 2.37. The quantitative estimate of drug-likeness (QED) is 0.0719. The van der Waals surface area contributed by atoms with E-state index < -0.39 is 102 Å². The second-order valence-corrected chi connectivity index (χ2v) is 23.6. The number of carbonyl (C=O) groups is 3. The molecule has 0 aliphatic carbocycles. The fourth-order valence-corrected chi connectivity index (χ4v) is 13.0. The van der Waals surface area contributed by atoms with Crippen LogP contribution in [-0.4, -0.2) is 98.7 Å². The number of sulfonamides is 3. The summed E-state index contributed by atoms with van der Waals surface area (Å²) >= 11 is 0. The molecule has 0 saturated carbocycles. The first kappa shape index (κ1) is 59.6. The van der Waals surface area contributed by atoms with Gasteiger partial charge >= 0.3 is 0 Å². The van der Waals surface area contributed by atoms with Gasteiger partial charge in [0, 0.05) is 74.5 Å². The van der Waals surface area contributed by atoms with Crippen LogP contribution in [0.25, 0.3) is 9.69 Å². The van der Waals surface area contributed by atoms with Crippen molar-refractivity contribution in [2.24, 2.45) is 21.1 Å². The molecule has 0 bridgehead atoms. The summed E-state index contributed by atoms with van der Waals surface area (Å²) in [5, 5.41) is 16.9. The first-order valence-corrected chi connectivity index (χ1v) is 28.3. The molecule has 424 valence electrons. The Morgan fingerprint density at radius 2 is 1.01 bits per heavy atom. The van der Waals surface area contributed by atoms with Gasteiger partial charge in [0.25, 0.3) is 17.7 Å². The zero-order valence-electron chi connectivity index (χ0n) is 43.3. The number of halogens is 4. The van der Waals surface area contributed by atoms with Crippen LogP contribution in [0, 0.1) is 36.4 Å². The number of ether oxygens (including phenoxy) is 2. The largest absolute Gasteiger partial charge is 0.485 e. The van der Waals surface area contributed by atoms with Gasteiger partial charge in [-0.1, -0.05) is 0 Å². The van der Waals surface area contributed by atoms with Crippen LogP contribution in [0.4, 0.5) is 46.0 Å². The fraction of sp³-hybridized carbons (Fsp3) is 0.300. The minimum atomic E-state index is -4.02. The van der Waals surface area contributed by atoms with Gasteiger partial charge in [0.1, 0.15) is 44.2 Å². The molecule has 0 radical (unpaired) electrons. The molecule has 23 nitrogen and oxygen atoms in total. The Morgan fingerprint density at radius 1 is 0.600 bits per heavy atom. The number of hydrogen-bond acceptors (Lipinski definition) is 12. The van der Waals surface area contributed by atoms with Crippen molar-refractivity contribution in [1.82, 2.24) is 27.9 Å². The van der Waals surface area contributed by atoms with E-state index in [9.17, 15) is 62.3 Å². The van der Waals surface area contributed by atoms with Gasteiger partial charge in [-0.2, -0.15) is 0 Å². The maximum Gasteiger partial charge on any atom is 0.276 e. The second-order valence-electron chi connectivity index (χ2n) is 18.6. The predicted molar refractivity (Wildman–Crippen MR) is 281 cm³/mol. The highest BCUT2D eigenvalue weighted by atomic mass is 32.2. The number of aliphatic hydroxyl groups is 1. The van der Waals surface area contributed by atoms with Crippen LogP contribution in [-0.2, 0) is 57.6 Å². The van der Waals surface area contributed by atoms with Crippen LogP contribution < -0.4 is 39.6 Å². The summed E-state index contributed by atoms with van der Waals surface area (Å²) in [7, 11) is -7.02. The van der Waals surface area contributed by atoms with Crippen molar-refractivity contribution >= 4 is 76.2 Å². The van der Waals surface area contributed by atoms with Crippen molar-refractivity contribution in [1.29, 1.82) is 0 Å². The Labute approximate surface area is 456 Å². The van der Waals surface area contributed by atoms with E-state index in [0.717, 1.165) is 24.3 Å². The number of fused-ring (bicyclic) bond motifs is 3. The van der Waals surface area contributed by atoms with Gasteiger partial charge in [0.15, 0.2) is 34.5 Å². The number of aromatic nitrogens is 3. The molecule has 0 saturated heterocycles. The fourth-order valence-electron chi connectivity index (χ4n) is 8.46. The van der Waals surface area contributed by atoms with Gasteiger partial charge < -0.3 is 44.2 Å². The third-order valence-corrected chi connectivity index (χ3v) is 17.4. The molecule has 7 N–H and O–H groups in total. The lowest BCUT2D eigenvalue weighted by Crippen LogP contribution is -2.44. The number of benzene rings is 3. The zero-order valence-corrected chi connectivity index (χ0v) is 45.8. The summed E-state index contributed by atoms with van der Waals surface area (Å²) in [5.41, 5.74) is 0.571. The normalized spacial score (nSPS) is 20.1. The van der Waals surface area contributed by atoms with Gasteiger partial charge in [0.2, 0.25) is 41.4 Å². The van der Waals surface area contributed by atoms with E-state index in [4.69, 9.17) is 22.6 Å². The van der Waals surface area contributed by atoms with Gasteiger partial charge in [0.05, 0.1) is 31.8 Å². The topological polar surface area (TPSA) is 288 Å². The zero-order chi connectivity index (χ0) is 58.9. The second kappa shape index (κ2) is 23.3. The SMILES string of the molecule is C[C@@H]1NS(=O)(=O)c2cn(C)c(C(=O)Nc3ccc(F)c(F)c3)c2O[C@@H]1C.[C-]#[N+]c1cc(NC(=O)c2c3c(cn2C)S(=O)(=O)N[C@@H](C)CC3)ccc1F.[C-]#[N+]c1cc(NC(=O)c2c3c(cn2C)S(=O)(=O)N[C@H](CO)[C@H](C)O3)ccc1F. The van der Waals surface area contributed by atoms with E-state index >= 15 is 0 Å². The average molecular weight is 1170 g/mol. The number of aryl methyl sites for hydroxylation is 3. The molecule has 5 atom stereocenters. The Hall–Kier alpha value is -8.10. The van der Waals surface area contributed by atoms with Crippen LogP contribution >= 0.6 is 0 Å². The van der Waals surface area contributed by atoms with Crippen molar-refractivity contribution in [3.63, 3.8) is 0 Å². The molecular formula is C50H51F4N11O12S3. The lowest BCUT2D eigenvalue weighted by molar-refractivity contribution is 0.0992. The summed E-state index contributed by atoms with van der Waals surface area (Å²) < 4.78 is 151. The lowest BCUT2D eigenvalue weighted by Gasteiger charge is -2.20. The molecule has 6 heterocycles. The van der Waals surface area contributed by atoms with Crippen molar-refractivity contribution < 1.29 is 71.8 Å². The van der Waals surface area contributed by atoms with Gasteiger partial charge in [-0.05, 0) is 89.1 Å². The van der Waals surface area contributed by atoms with E-state index in [1.807, 2.05) is 0 Å². The highest BCUT2D eigenvalue weighted by molar-refractivity contribution is 7.90. The molecule has 3 aliphatic heterocycles. The molecule has 9 rings (SSSR count). The van der Waals surface area contributed by atoms with Crippen molar-refractivity contribution in [3.05, 3.63) is 142 Å². The molecule has 3 amide bonds. The summed E-state index contributed by atoms with van der Waals surface area (Å²) in [4.78, 5) is 43.9. The number of anilines is 3.